The number of rotatable bonds is 7. The number of benzene rings is 2. The molecule has 0 aliphatic carbocycles. The standard InChI is InChI=1S/C19H21FN2O2/c1-3-14(2)17-6-4-5-7-18(17)24-13-19(23)22-21-12-15-8-10-16(20)11-9-15/h4-12,14H,3,13H2,1-2H3,(H,22,23)/b21-12+. The molecule has 5 heteroatoms. The van der Waals surface area contributed by atoms with Gasteiger partial charge in [0.05, 0.1) is 6.21 Å². The Balaban J connectivity index is 1.86. The molecule has 0 bridgehead atoms. The summed E-state index contributed by atoms with van der Waals surface area (Å²) >= 11 is 0. The first-order valence-corrected chi connectivity index (χ1v) is 7.89. The SMILES string of the molecule is CCC(C)c1ccccc1OCC(=O)N/N=C/c1ccc(F)cc1. The summed E-state index contributed by atoms with van der Waals surface area (Å²) < 4.78 is 18.4. The highest BCUT2D eigenvalue weighted by molar-refractivity contribution is 5.82. The molecule has 0 fully saturated rings. The minimum absolute atomic E-state index is 0.117. The Bertz CT molecular complexity index is 699. The summed E-state index contributed by atoms with van der Waals surface area (Å²) in [7, 11) is 0. The van der Waals surface area contributed by atoms with Crippen molar-refractivity contribution < 1.29 is 13.9 Å². The largest absolute Gasteiger partial charge is 0.483 e. The molecule has 1 unspecified atom stereocenters. The smallest absolute Gasteiger partial charge is 0.277 e. The molecule has 0 aliphatic heterocycles. The van der Waals surface area contributed by atoms with E-state index in [0.29, 0.717) is 17.2 Å². The van der Waals surface area contributed by atoms with E-state index in [1.165, 1.54) is 18.3 Å². The number of nitrogens with zero attached hydrogens (tertiary/aromatic N) is 1. The number of halogens is 1. The fourth-order valence-corrected chi connectivity index (χ4v) is 2.14. The fraction of sp³-hybridized carbons (Fsp3) is 0.263. The molecule has 0 spiro atoms. The summed E-state index contributed by atoms with van der Waals surface area (Å²) in [6.45, 7) is 4.11. The molecule has 126 valence electrons. The van der Waals surface area contributed by atoms with Crippen molar-refractivity contribution in [3.8, 4) is 5.75 Å². The van der Waals surface area contributed by atoms with Crippen LogP contribution in [0.3, 0.4) is 0 Å². The van der Waals surface area contributed by atoms with Crippen LogP contribution in [-0.4, -0.2) is 18.7 Å². The lowest BCUT2D eigenvalue weighted by atomic mass is 9.98. The maximum atomic E-state index is 12.8. The Morgan fingerprint density at radius 3 is 2.67 bits per heavy atom. The Kier molecular flexibility index (Phi) is 6.49. The average Bonchev–Trinajstić information content (AvgIpc) is 2.61. The maximum Gasteiger partial charge on any atom is 0.277 e. The number of ether oxygens (including phenoxy) is 1. The number of hydrazone groups is 1. The number of amides is 1. The third kappa shape index (κ3) is 5.19. The van der Waals surface area contributed by atoms with Crippen LogP contribution < -0.4 is 10.2 Å². The molecule has 0 aromatic heterocycles. The molecule has 24 heavy (non-hydrogen) atoms. The number of carbonyl (C=O) groups is 1. The monoisotopic (exact) mass is 328 g/mol. The average molecular weight is 328 g/mol. The molecule has 1 N–H and O–H groups in total. The molecule has 1 amide bonds. The zero-order valence-electron chi connectivity index (χ0n) is 13.8. The van der Waals surface area contributed by atoms with Gasteiger partial charge < -0.3 is 4.74 Å². The predicted molar refractivity (Wildman–Crippen MR) is 92.8 cm³/mol. The van der Waals surface area contributed by atoms with E-state index in [4.69, 9.17) is 4.74 Å². The van der Waals surface area contributed by atoms with Crippen molar-refractivity contribution in [2.45, 2.75) is 26.2 Å². The molecule has 0 heterocycles. The summed E-state index contributed by atoms with van der Waals surface area (Å²) in [5.41, 5.74) is 4.17. The molecule has 2 aromatic carbocycles. The summed E-state index contributed by atoms with van der Waals surface area (Å²) in [6.07, 6.45) is 2.44. The summed E-state index contributed by atoms with van der Waals surface area (Å²) in [4.78, 5) is 11.8. The molecule has 1 atom stereocenters. The van der Waals surface area contributed by atoms with Gasteiger partial charge in [-0.2, -0.15) is 5.10 Å². The highest BCUT2D eigenvalue weighted by atomic mass is 19.1. The molecule has 4 nitrogen and oxygen atoms in total. The first kappa shape index (κ1) is 17.7. The number of carbonyl (C=O) groups excluding carboxylic acids is 1. The maximum absolute atomic E-state index is 12.8. The third-order valence-electron chi connectivity index (χ3n) is 3.69. The number of nitrogens with one attached hydrogen (secondary N) is 1. The third-order valence-corrected chi connectivity index (χ3v) is 3.69. The lowest BCUT2D eigenvalue weighted by Crippen LogP contribution is -2.24. The van der Waals surface area contributed by atoms with Crippen molar-refractivity contribution in [3.05, 3.63) is 65.5 Å². The summed E-state index contributed by atoms with van der Waals surface area (Å²) in [5.74, 6) is 0.405. The highest BCUT2D eigenvalue weighted by Gasteiger charge is 2.10. The van der Waals surface area contributed by atoms with Crippen LogP contribution in [0.1, 0.15) is 37.3 Å². The van der Waals surface area contributed by atoms with Crippen LogP contribution in [0.25, 0.3) is 0 Å². The van der Waals surface area contributed by atoms with Gasteiger partial charge in [0.25, 0.3) is 5.91 Å². The second-order valence-corrected chi connectivity index (χ2v) is 5.48. The molecule has 2 aromatic rings. The lowest BCUT2D eigenvalue weighted by molar-refractivity contribution is -0.123. The van der Waals surface area contributed by atoms with Crippen LogP contribution in [0.15, 0.2) is 53.6 Å². The van der Waals surface area contributed by atoms with Crippen LogP contribution in [-0.2, 0) is 4.79 Å². The van der Waals surface area contributed by atoms with Crippen LogP contribution >= 0.6 is 0 Å². The second kappa shape index (κ2) is 8.82. The molecule has 0 saturated heterocycles. The van der Waals surface area contributed by atoms with Gasteiger partial charge >= 0.3 is 0 Å². The van der Waals surface area contributed by atoms with Crippen LogP contribution in [0.4, 0.5) is 4.39 Å². The van der Waals surface area contributed by atoms with Gasteiger partial charge in [-0.05, 0) is 41.7 Å². The van der Waals surface area contributed by atoms with Gasteiger partial charge in [-0.25, -0.2) is 9.82 Å². The predicted octanol–water partition coefficient (Wildman–Crippen LogP) is 3.87. The molecular formula is C19H21FN2O2. The quantitative estimate of drug-likeness (QED) is 0.619. The molecule has 0 radical (unpaired) electrons. The van der Waals surface area contributed by atoms with E-state index in [1.54, 1.807) is 12.1 Å². The normalized spacial score (nSPS) is 12.1. The van der Waals surface area contributed by atoms with Crippen molar-refractivity contribution in [3.63, 3.8) is 0 Å². The van der Waals surface area contributed by atoms with Crippen LogP contribution in [0.5, 0.6) is 5.75 Å². The van der Waals surface area contributed by atoms with Gasteiger partial charge in [0.15, 0.2) is 6.61 Å². The van der Waals surface area contributed by atoms with E-state index in [2.05, 4.69) is 24.4 Å². The van der Waals surface area contributed by atoms with E-state index >= 15 is 0 Å². The van der Waals surface area contributed by atoms with E-state index in [9.17, 15) is 9.18 Å². The first-order chi connectivity index (χ1) is 11.6. The Morgan fingerprint density at radius 2 is 1.96 bits per heavy atom. The molecule has 0 aliphatic rings. The van der Waals surface area contributed by atoms with Gasteiger partial charge in [0, 0.05) is 0 Å². The van der Waals surface area contributed by atoms with Crippen molar-refractivity contribution in [1.29, 1.82) is 0 Å². The fourth-order valence-electron chi connectivity index (χ4n) is 2.14. The Hall–Kier alpha value is -2.69. The van der Waals surface area contributed by atoms with Gasteiger partial charge in [-0.15, -0.1) is 0 Å². The van der Waals surface area contributed by atoms with Gasteiger partial charge in [0.2, 0.25) is 0 Å². The lowest BCUT2D eigenvalue weighted by Gasteiger charge is -2.15. The van der Waals surface area contributed by atoms with Crippen LogP contribution in [0, 0.1) is 5.82 Å². The van der Waals surface area contributed by atoms with Crippen molar-refractivity contribution in [1.82, 2.24) is 5.43 Å². The van der Waals surface area contributed by atoms with Crippen molar-refractivity contribution >= 4 is 12.1 Å². The van der Waals surface area contributed by atoms with Gasteiger partial charge in [0.1, 0.15) is 11.6 Å². The van der Waals surface area contributed by atoms with E-state index in [0.717, 1.165) is 12.0 Å². The molecule has 2 rings (SSSR count). The van der Waals surface area contributed by atoms with Crippen molar-refractivity contribution in [2.75, 3.05) is 6.61 Å². The number of hydrogen-bond acceptors (Lipinski definition) is 3. The molecular weight excluding hydrogens is 307 g/mol. The summed E-state index contributed by atoms with van der Waals surface area (Å²) in [5, 5.41) is 3.83. The Morgan fingerprint density at radius 1 is 1.25 bits per heavy atom. The van der Waals surface area contributed by atoms with Crippen LogP contribution in [0.2, 0.25) is 0 Å². The second-order valence-electron chi connectivity index (χ2n) is 5.48. The van der Waals surface area contributed by atoms with E-state index < -0.39 is 0 Å². The summed E-state index contributed by atoms with van der Waals surface area (Å²) in [6, 6.07) is 13.5. The van der Waals surface area contributed by atoms with Crippen molar-refractivity contribution in [2.24, 2.45) is 5.10 Å². The minimum atomic E-state index is -0.354. The van der Waals surface area contributed by atoms with E-state index in [1.807, 2.05) is 24.3 Å². The Labute approximate surface area is 141 Å². The van der Waals surface area contributed by atoms with Gasteiger partial charge in [-0.3, -0.25) is 4.79 Å². The number of hydrogen-bond donors (Lipinski definition) is 1. The number of para-hydroxylation sites is 1. The first-order valence-electron chi connectivity index (χ1n) is 7.89. The molecule has 0 saturated carbocycles. The van der Waals surface area contributed by atoms with E-state index in [-0.39, 0.29) is 18.3 Å². The topological polar surface area (TPSA) is 50.7 Å². The minimum Gasteiger partial charge on any atom is -0.483 e. The van der Waals surface area contributed by atoms with Gasteiger partial charge in [-0.1, -0.05) is 44.2 Å². The highest BCUT2D eigenvalue weighted by Crippen LogP contribution is 2.28. The zero-order valence-corrected chi connectivity index (χ0v) is 13.8. The zero-order chi connectivity index (χ0) is 17.4.